The Morgan fingerprint density at radius 2 is 2.29 bits per heavy atom. The van der Waals surface area contributed by atoms with Crippen molar-refractivity contribution in [1.82, 2.24) is 14.5 Å². The first-order valence-electron chi connectivity index (χ1n) is 5.26. The minimum Gasteiger partial charge on any atom is -0.381 e. The van der Waals surface area contributed by atoms with Crippen molar-refractivity contribution in [2.45, 2.75) is 24.8 Å². The summed E-state index contributed by atoms with van der Waals surface area (Å²) in [4.78, 5) is -0.0108. The third-order valence-electron chi connectivity index (χ3n) is 2.04. The van der Waals surface area contributed by atoms with Gasteiger partial charge in [-0.05, 0) is 13.8 Å². The lowest BCUT2D eigenvalue weighted by molar-refractivity contribution is 0.133. The SMILES string of the molecule is CCOCC(C)NS(=O)(=O)c1cn(C)nc1N. The summed E-state index contributed by atoms with van der Waals surface area (Å²) in [5.74, 6) is -0.0105. The molecule has 0 radical (unpaired) electrons. The summed E-state index contributed by atoms with van der Waals surface area (Å²) >= 11 is 0. The van der Waals surface area contributed by atoms with Gasteiger partial charge in [0, 0.05) is 25.9 Å². The summed E-state index contributed by atoms with van der Waals surface area (Å²) < 4.78 is 32.8. The molecule has 3 N–H and O–H groups in total. The highest BCUT2D eigenvalue weighted by atomic mass is 32.2. The monoisotopic (exact) mass is 262 g/mol. The molecule has 0 aliphatic carbocycles. The highest BCUT2D eigenvalue weighted by Gasteiger charge is 2.22. The van der Waals surface area contributed by atoms with E-state index in [0.29, 0.717) is 13.2 Å². The van der Waals surface area contributed by atoms with Crippen molar-refractivity contribution >= 4 is 15.8 Å². The van der Waals surface area contributed by atoms with Gasteiger partial charge in [0.05, 0.1) is 6.61 Å². The number of hydrogen-bond acceptors (Lipinski definition) is 5. The molecule has 1 atom stereocenters. The molecule has 0 aromatic carbocycles. The number of ether oxygens (including phenoxy) is 1. The third-order valence-corrected chi connectivity index (χ3v) is 3.65. The quantitative estimate of drug-likeness (QED) is 0.733. The molecule has 0 spiro atoms. The number of anilines is 1. The fourth-order valence-corrected chi connectivity index (χ4v) is 2.68. The second kappa shape index (κ2) is 5.48. The molecule has 0 bridgehead atoms. The maximum Gasteiger partial charge on any atom is 0.246 e. The van der Waals surface area contributed by atoms with Gasteiger partial charge in [-0.15, -0.1) is 0 Å². The van der Waals surface area contributed by atoms with Crippen LogP contribution in [0.25, 0.3) is 0 Å². The van der Waals surface area contributed by atoms with Crippen LogP contribution < -0.4 is 10.5 Å². The Labute approximate surface area is 101 Å². The van der Waals surface area contributed by atoms with Gasteiger partial charge < -0.3 is 10.5 Å². The summed E-state index contributed by atoms with van der Waals surface area (Å²) in [6, 6.07) is -0.320. The summed E-state index contributed by atoms with van der Waals surface area (Å²) in [7, 11) is -2.03. The number of aromatic nitrogens is 2. The summed E-state index contributed by atoms with van der Waals surface area (Å²) in [5.41, 5.74) is 5.52. The van der Waals surface area contributed by atoms with E-state index in [1.165, 1.54) is 10.9 Å². The minimum atomic E-state index is -3.64. The molecule has 7 nitrogen and oxygen atoms in total. The molecule has 0 aliphatic heterocycles. The van der Waals surface area contributed by atoms with Gasteiger partial charge in [0.1, 0.15) is 4.90 Å². The van der Waals surface area contributed by atoms with Crippen LogP contribution in [0, 0.1) is 0 Å². The van der Waals surface area contributed by atoms with Crippen LogP contribution in [-0.2, 0) is 21.8 Å². The number of nitrogen functional groups attached to an aromatic ring is 1. The van der Waals surface area contributed by atoms with E-state index in [4.69, 9.17) is 10.5 Å². The van der Waals surface area contributed by atoms with E-state index in [9.17, 15) is 8.42 Å². The first kappa shape index (κ1) is 13.9. The Hall–Kier alpha value is -1.12. The van der Waals surface area contributed by atoms with Gasteiger partial charge in [-0.25, -0.2) is 13.1 Å². The normalized spacial score (nSPS) is 13.8. The van der Waals surface area contributed by atoms with Crippen molar-refractivity contribution in [2.24, 2.45) is 7.05 Å². The topological polar surface area (TPSA) is 99.2 Å². The maximum absolute atomic E-state index is 11.9. The summed E-state index contributed by atoms with van der Waals surface area (Å²) in [6.07, 6.45) is 1.37. The van der Waals surface area contributed by atoms with Gasteiger partial charge in [-0.2, -0.15) is 5.10 Å². The fourth-order valence-electron chi connectivity index (χ4n) is 1.35. The maximum atomic E-state index is 11.9. The Balaban J connectivity index is 2.79. The largest absolute Gasteiger partial charge is 0.381 e. The lowest BCUT2D eigenvalue weighted by Gasteiger charge is -2.13. The molecule has 8 heteroatoms. The van der Waals surface area contributed by atoms with E-state index < -0.39 is 10.0 Å². The first-order chi connectivity index (χ1) is 7.86. The van der Waals surface area contributed by atoms with Crippen LogP contribution in [0.15, 0.2) is 11.1 Å². The van der Waals surface area contributed by atoms with Gasteiger partial charge >= 0.3 is 0 Å². The zero-order valence-corrected chi connectivity index (χ0v) is 11.0. The van der Waals surface area contributed by atoms with Crippen molar-refractivity contribution in [2.75, 3.05) is 18.9 Å². The lowest BCUT2D eigenvalue weighted by atomic mass is 10.4. The molecule has 1 rings (SSSR count). The standard InChI is InChI=1S/C9H18N4O3S/c1-4-16-6-7(2)12-17(14,15)8-5-13(3)11-9(8)10/h5,7,12H,4,6H2,1-3H3,(H2,10,11). The second-order valence-electron chi connectivity index (χ2n) is 3.73. The minimum absolute atomic E-state index is 0.0105. The Bertz CT molecular complexity index is 469. The zero-order chi connectivity index (χ0) is 13.1. The molecule has 1 heterocycles. The van der Waals surface area contributed by atoms with Crippen LogP contribution in [0.4, 0.5) is 5.82 Å². The fraction of sp³-hybridized carbons (Fsp3) is 0.667. The molecule has 0 aliphatic rings. The molecule has 0 saturated heterocycles. The second-order valence-corrected chi connectivity index (χ2v) is 5.42. The van der Waals surface area contributed by atoms with Crippen molar-refractivity contribution < 1.29 is 13.2 Å². The smallest absolute Gasteiger partial charge is 0.246 e. The molecule has 0 fully saturated rings. The number of aryl methyl sites for hydroxylation is 1. The average Bonchev–Trinajstić information content (AvgIpc) is 2.55. The van der Waals surface area contributed by atoms with Crippen molar-refractivity contribution in [3.05, 3.63) is 6.20 Å². The van der Waals surface area contributed by atoms with Crippen LogP contribution >= 0.6 is 0 Å². The van der Waals surface area contributed by atoms with Crippen LogP contribution in [-0.4, -0.2) is 37.5 Å². The van der Waals surface area contributed by atoms with Crippen LogP contribution in [0.1, 0.15) is 13.8 Å². The molecule has 17 heavy (non-hydrogen) atoms. The van der Waals surface area contributed by atoms with E-state index in [0.717, 1.165) is 0 Å². The lowest BCUT2D eigenvalue weighted by Crippen LogP contribution is -2.36. The van der Waals surface area contributed by atoms with Gasteiger partial charge in [0.2, 0.25) is 10.0 Å². The predicted molar refractivity (Wildman–Crippen MR) is 63.9 cm³/mol. The van der Waals surface area contributed by atoms with Crippen LogP contribution in [0.2, 0.25) is 0 Å². The van der Waals surface area contributed by atoms with E-state index in [1.54, 1.807) is 14.0 Å². The van der Waals surface area contributed by atoms with E-state index >= 15 is 0 Å². The first-order valence-corrected chi connectivity index (χ1v) is 6.74. The van der Waals surface area contributed by atoms with Crippen molar-refractivity contribution in [3.8, 4) is 0 Å². The van der Waals surface area contributed by atoms with Crippen molar-refractivity contribution in [1.29, 1.82) is 0 Å². The molecule has 1 unspecified atom stereocenters. The average molecular weight is 262 g/mol. The zero-order valence-electron chi connectivity index (χ0n) is 10.2. The number of nitrogens with two attached hydrogens (primary N) is 1. The molecule has 1 aromatic heterocycles. The predicted octanol–water partition coefficient (Wildman–Crippen LogP) is -0.294. The Morgan fingerprint density at radius 3 is 2.76 bits per heavy atom. The van der Waals surface area contributed by atoms with E-state index in [-0.39, 0.29) is 16.8 Å². The highest BCUT2D eigenvalue weighted by molar-refractivity contribution is 7.89. The van der Waals surface area contributed by atoms with Crippen LogP contribution in [0.3, 0.4) is 0 Å². The Morgan fingerprint density at radius 1 is 1.65 bits per heavy atom. The molecular formula is C9H18N4O3S. The van der Waals surface area contributed by atoms with Crippen LogP contribution in [0.5, 0.6) is 0 Å². The number of sulfonamides is 1. The Kier molecular flexibility index (Phi) is 4.49. The third kappa shape index (κ3) is 3.69. The number of nitrogens with zero attached hydrogens (tertiary/aromatic N) is 2. The van der Waals surface area contributed by atoms with Gasteiger partial charge in [-0.1, -0.05) is 0 Å². The molecule has 98 valence electrons. The van der Waals surface area contributed by atoms with E-state index in [2.05, 4.69) is 9.82 Å². The van der Waals surface area contributed by atoms with E-state index in [1.807, 2.05) is 6.92 Å². The number of hydrogen-bond donors (Lipinski definition) is 2. The molecule has 0 saturated carbocycles. The summed E-state index contributed by atoms with van der Waals surface area (Å²) in [6.45, 7) is 4.43. The van der Waals surface area contributed by atoms with Gasteiger partial charge in [0.15, 0.2) is 5.82 Å². The van der Waals surface area contributed by atoms with Gasteiger partial charge in [0.25, 0.3) is 0 Å². The summed E-state index contributed by atoms with van der Waals surface area (Å²) in [5, 5.41) is 3.79. The number of nitrogens with one attached hydrogen (secondary N) is 1. The molecule has 1 aromatic rings. The van der Waals surface area contributed by atoms with Crippen molar-refractivity contribution in [3.63, 3.8) is 0 Å². The molecular weight excluding hydrogens is 244 g/mol. The highest BCUT2D eigenvalue weighted by Crippen LogP contribution is 2.15. The van der Waals surface area contributed by atoms with Gasteiger partial charge in [-0.3, -0.25) is 4.68 Å². The number of rotatable bonds is 6. The molecule has 0 amide bonds.